The molecule has 1 aromatic heterocycles. The van der Waals surface area contributed by atoms with E-state index in [1.54, 1.807) is 37.4 Å². The molecule has 0 unspecified atom stereocenters. The lowest BCUT2D eigenvalue weighted by molar-refractivity contribution is 0.302. The topological polar surface area (TPSA) is 85.5 Å². The van der Waals surface area contributed by atoms with Crippen molar-refractivity contribution in [1.29, 1.82) is 0 Å². The number of piperidine rings is 1. The van der Waals surface area contributed by atoms with Crippen molar-refractivity contribution in [3.63, 3.8) is 0 Å². The van der Waals surface area contributed by atoms with Crippen LogP contribution in [0.1, 0.15) is 24.6 Å². The van der Waals surface area contributed by atoms with E-state index in [0.717, 1.165) is 24.2 Å². The van der Waals surface area contributed by atoms with Gasteiger partial charge >= 0.3 is 0 Å². The van der Waals surface area contributed by atoms with Gasteiger partial charge in [0.1, 0.15) is 5.75 Å². The minimum Gasteiger partial charge on any atom is -0.497 e. The third kappa shape index (κ3) is 3.65. The first-order chi connectivity index (χ1) is 13.6. The second-order valence-electron chi connectivity index (χ2n) is 6.70. The van der Waals surface area contributed by atoms with Crippen molar-refractivity contribution in [3.05, 3.63) is 60.4 Å². The molecule has 0 radical (unpaired) electrons. The van der Waals surface area contributed by atoms with Gasteiger partial charge in [0.2, 0.25) is 10.0 Å². The van der Waals surface area contributed by atoms with Crippen LogP contribution in [0.4, 0.5) is 0 Å². The number of rotatable bonds is 5. The maximum Gasteiger partial charge on any atom is 0.257 e. The van der Waals surface area contributed by atoms with Crippen molar-refractivity contribution in [2.45, 2.75) is 23.7 Å². The minimum atomic E-state index is -3.52. The summed E-state index contributed by atoms with van der Waals surface area (Å²) in [5.41, 5.74) is 0.795. The fourth-order valence-electron chi connectivity index (χ4n) is 3.36. The molecule has 1 atom stereocenters. The molecule has 0 bridgehead atoms. The van der Waals surface area contributed by atoms with E-state index in [9.17, 15) is 8.42 Å². The van der Waals surface area contributed by atoms with Crippen LogP contribution in [0.3, 0.4) is 0 Å². The summed E-state index contributed by atoms with van der Waals surface area (Å²) >= 11 is 0. The third-order valence-corrected chi connectivity index (χ3v) is 6.79. The van der Waals surface area contributed by atoms with Gasteiger partial charge in [0.25, 0.3) is 5.89 Å². The van der Waals surface area contributed by atoms with Crippen LogP contribution in [0, 0.1) is 0 Å². The fraction of sp³-hybridized carbons (Fsp3) is 0.300. The Bertz CT molecular complexity index is 1030. The molecule has 2 heterocycles. The molecule has 0 spiro atoms. The molecule has 146 valence electrons. The van der Waals surface area contributed by atoms with E-state index in [1.807, 2.05) is 24.3 Å². The van der Waals surface area contributed by atoms with Crippen LogP contribution in [0.25, 0.3) is 11.5 Å². The molecule has 4 rings (SSSR count). The van der Waals surface area contributed by atoms with Crippen LogP contribution < -0.4 is 4.74 Å². The van der Waals surface area contributed by atoms with E-state index >= 15 is 0 Å². The Morgan fingerprint density at radius 1 is 1.11 bits per heavy atom. The molecule has 2 aromatic carbocycles. The SMILES string of the molecule is COc1ccc(-c2nc([C@H]3CCCN(S(=O)(=O)c4ccccc4)C3)no2)cc1. The summed E-state index contributed by atoms with van der Waals surface area (Å²) < 4.78 is 37.9. The predicted molar refractivity (Wildman–Crippen MR) is 103 cm³/mol. The Kier molecular flexibility index (Phi) is 5.15. The zero-order chi connectivity index (χ0) is 19.6. The Balaban J connectivity index is 1.53. The van der Waals surface area contributed by atoms with E-state index in [0.29, 0.717) is 29.7 Å². The van der Waals surface area contributed by atoms with Gasteiger partial charge in [0.05, 0.1) is 12.0 Å². The second-order valence-corrected chi connectivity index (χ2v) is 8.64. The Morgan fingerprint density at radius 2 is 1.86 bits per heavy atom. The highest BCUT2D eigenvalue weighted by Gasteiger charge is 2.32. The average molecular weight is 399 g/mol. The lowest BCUT2D eigenvalue weighted by Crippen LogP contribution is -2.39. The molecular formula is C20H21N3O4S. The highest BCUT2D eigenvalue weighted by molar-refractivity contribution is 7.89. The van der Waals surface area contributed by atoms with Gasteiger partial charge in [-0.3, -0.25) is 0 Å². The largest absolute Gasteiger partial charge is 0.497 e. The molecule has 0 N–H and O–H groups in total. The smallest absolute Gasteiger partial charge is 0.257 e. The maximum atomic E-state index is 12.9. The van der Waals surface area contributed by atoms with Crippen LogP contribution >= 0.6 is 0 Å². The molecular weight excluding hydrogens is 378 g/mol. The lowest BCUT2D eigenvalue weighted by Gasteiger charge is -2.30. The number of sulfonamides is 1. The number of benzene rings is 2. The number of hydrogen-bond donors (Lipinski definition) is 0. The van der Waals surface area contributed by atoms with Gasteiger partial charge < -0.3 is 9.26 Å². The number of methoxy groups -OCH3 is 1. The molecule has 1 aliphatic rings. The Hall–Kier alpha value is -2.71. The summed E-state index contributed by atoms with van der Waals surface area (Å²) in [6, 6.07) is 15.9. The normalized spacial score (nSPS) is 18.1. The highest BCUT2D eigenvalue weighted by Crippen LogP contribution is 2.30. The van der Waals surface area contributed by atoms with E-state index in [1.165, 1.54) is 4.31 Å². The first-order valence-electron chi connectivity index (χ1n) is 9.11. The van der Waals surface area contributed by atoms with E-state index < -0.39 is 10.0 Å². The van der Waals surface area contributed by atoms with Crippen LogP contribution in [0.2, 0.25) is 0 Å². The van der Waals surface area contributed by atoms with Gasteiger partial charge in [-0.25, -0.2) is 8.42 Å². The molecule has 3 aromatic rings. The zero-order valence-electron chi connectivity index (χ0n) is 15.5. The van der Waals surface area contributed by atoms with Gasteiger partial charge in [-0.1, -0.05) is 23.4 Å². The summed E-state index contributed by atoms with van der Waals surface area (Å²) in [5.74, 6) is 1.61. The lowest BCUT2D eigenvalue weighted by atomic mass is 9.99. The van der Waals surface area contributed by atoms with Crippen LogP contribution in [0.15, 0.2) is 64.0 Å². The van der Waals surface area contributed by atoms with Gasteiger partial charge in [0, 0.05) is 24.6 Å². The summed E-state index contributed by atoms with van der Waals surface area (Å²) in [6.07, 6.45) is 1.57. The van der Waals surface area contributed by atoms with Gasteiger partial charge in [-0.2, -0.15) is 9.29 Å². The summed E-state index contributed by atoms with van der Waals surface area (Å²) in [4.78, 5) is 4.82. The molecule has 1 aliphatic heterocycles. The predicted octanol–water partition coefficient (Wildman–Crippen LogP) is 3.31. The van der Waals surface area contributed by atoms with Crippen molar-refractivity contribution in [2.75, 3.05) is 20.2 Å². The molecule has 1 saturated heterocycles. The molecule has 8 heteroatoms. The quantitative estimate of drug-likeness (QED) is 0.654. The van der Waals surface area contributed by atoms with Crippen molar-refractivity contribution in [3.8, 4) is 17.2 Å². The number of nitrogens with zero attached hydrogens (tertiary/aromatic N) is 3. The Labute approximate surface area is 164 Å². The number of hydrogen-bond acceptors (Lipinski definition) is 6. The van der Waals surface area contributed by atoms with Crippen LogP contribution in [0.5, 0.6) is 5.75 Å². The average Bonchev–Trinajstić information content (AvgIpc) is 3.25. The highest BCUT2D eigenvalue weighted by atomic mass is 32.2. The maximum absolute atomic E-state index is 12.9. The molecule has 0 saturated carbocycles. The molecule has 7 nitrogen and oxygen atoms in total. The van der Waals surface area contributed by atoms with Crippen molar-refractivity contribution < 1.29 is 17.7 Å². The third-order valence-electron chi connectivity index (χ3n) is 4.91. The van der Waals surface area contributed by atoms with Crippen LogP contribution in [-0.4, -0.2) is 43.1 Å². The van der Waals surface area contributed by atoms with Crippen molar-refractivity contribution in [2.24, 2.45) is 0 Å². The number of aromatic nitrogens is 2. The minimum absolute atomic E-state index is 0.0945. The van der Waals surface area contributed by atoms with E-state index in [2.05, 4.69) is 10.1 Å². The standard InChI is InChI=1S/C20H21N3O4S/c1-26-17-11-9-15(10-12-17)20-21-19(22-27-20)16-6-5-13-23(14-16)28(24,25)18-7-3-2-4-8-18/h2-4,7-12,16H,5-6,13-14H2,1H3/t16-/m0/s1. The summed E-state index contributed by atoms with van der Waals surface area (Å²) in [6.45, 7) is 0.843. The first-order valence-corrected chi connectivity index (χ1v) is 10.5. The molecule has 28 heavy (non-hydrogen) atoms. The van der Waals surface area contributed by atoms with E-state index in [4.69, 9.17) is 9.26 Å². The van der Waals surface area contributed by atoms with Crippen LogP contribution in [-0.2, 0) is 10.0 Å². The summed E-state index contributed by atoms with van der Waals surface area (Å²) in [7, 11) is -1.91. The Morgan fingerprint density at radius 3 is 2.57 bits per heavy atom. The second kappa shape index (κ2) is 7.73. The molecule has 0 aliphatic carbocycles. The van der Waals surface area contributed by atoms with Gasteiger partial charge in [-0.15, -0.1) is 0 Å². The number of ether oxygens (including phenoxy) is 1. The molecule has 0 amide bonds. The fourth-order valence-corrected chi connectivity index (χ4v) is 4.91. The zero-order valence-corrected chi connectivity index (χ0v) is 16.3. The van der Waals surface area contributed by atoms with Crippen molar-refractivity contribution in [1.82, 2.24) is 14.4 Å². The van der Waals surface area contributed by atoms with Gasteiger partial charge in [-0.05, 0) is 49.2 Å². The first kappa shape index (κ1) is 18.6. The molecule has 1 fully saturated rings. The summed E-state index contributed by atoms with van der Waals surface area (Å²) in [5, 5.41) is 4.11. The van der Waals surface area contributed by atoms with Gasteiger partial charge in [0.15, 0.2) is 5.82 Å². The van der Waals surface area contributed by atoms with E-state index in [-0.39, 0.29) is 5.92 Å². The monoisotopic (exact) mass is 399 g/mol. The van der Waals surface area contributed by atoms with Crippen molar-refractivity contribution >= 4 is 10.0 Å².